The first-order chi connectivity index (χ1) is 15.6. The molecule has 0 saturated heterocycles. The van der Waals surface area contributed by atoms with Crippen molar-refractivity contribution in [3.05, 3.63) is 23.9 Å². The molecule has 178 valence electrons. The lowest BCUT2D eigenvalue weighted by Crippen LogP contribution is -2.39. The first kappa shape index (κ1) is 24.2. The second-order valence-corrected chi connectivity index (χ2v) is 8.85. The van der Waals surface area contributed by atoms with Crippen molar-refractivity contribution < 1.29 is 14.6 Å². The molecule has 1 heterocycles. The molecule has 32 heavy (non-hydrogen) atoms. The molecule has 0 aliphatic heterocycles. The molecule has 1 fully saturated rings. The number of H-pyrrole nitrogens is 1. The maximum absolute atomic E-state index is 9.55. The number of aromatic amines is 1. The number of ether oxygens (including phenoxy) is 2. The molecule has 0 amide bonds. The van der Waals surface area contributed by atoms with Crippen molar-refractivity contribution in [3.8, 4) is 11.5 Å². The normalized spacial score (nSPS) is 16.2. The number of guanidine groups is 1. The van der Waals surface area contributed by atoms with Crippen LogP contribution in [0.2, 0.25) is 0 Å². The number of nitrogens with one attached hydrogen (secondary N) is 3. The minimum atomic E-state index is 0.166. The zero-order valence-electron chi connectivity index (χ0n) is 19.9. The SMILES string of the molecule is CCNC(=NCC1(CCO)CCCCC1)NCCCc1cc2c(OC)cc(OC)cc2[nH]1. The number of aromatic nitrogens is 1. The number of methoxy groups -OCH3 is 2. The average molecular weight is 445 g/mol. The highest BCUT2D eigenvalue weighted by atomic mass is 16.5. The second-order valence-electron chi connectivity index (χ2n) is 8.85. The molecule has 1 aliphatic carbocycles. The average Bonchev–Trinajstić information content (AvgIpc) is 3.23. The van der Waals surface area contributed by atoms with E-state index >= 15 is 0 Å². The second kappa shape index (κ2) is 12.0. The molecule has 7 heteroatoms. The van der Waals surface area contributed by atoms with Gasteiger partial charge in [-0.25, -0.2) is 0 Å². The number of aliphatic imine (C=N–C) groups is 1. The number of nitrogens with zero attached hydrogens (tertiary/aromatic N) is 1. The molecule has 4 N–H and O–H groups in total. The Balaban J connectivity index is 1.55. The fourth-order valence-corrected chi connectivity index (χ4v) is 4.76. The summed E-state index contributed by atoms with van der Waals surface area (Å²) in [6.45, 7) is 4.80. The van der Waals surface area contributed by atoms with Crippen LogP contribution in [0.5, 0.6) is 11.5 Å². The van der Waals surface area contributed by atoms with E-state index in [1.807, 2.05) is 12.1 Å². The number of aliphatic hydroxyl groups excluding tert-OH is 1. The topological polar surface area (TPSA) is 90.9 Å². The van der Waals surface area contributed by atoms with Crippen LogP contribution in [0.15, 0.2) is 23.2 Å². The highest BCUT2D eigenvalue weighted by Crippen LogP contribution is 2.39. The third-order valence-electron chi connectivity index (χ3n) is 6.57. The third-order valence-corrected chi connectivity index (χ3v) is 6.57. The van der Waals surface area contributed by atoms with E-state index in [4.69, 9.17) is 14.5 Å². The number of aryl methyl sites for hydroxylation is 1. The van der Waals surface area contributed by atoms with E-state index in [0.717, 1.165) is 67.3 Å². The van der Waals surface area contributed by atoms with Gasteiger partial charge in [-0.05, 0) is 50.5 Å². The summed E-state index contributed by atoms with van der Waals surface area (Å²) in [5.41, 5.74) is 2.37. The van der Waals surface area contributed by atoms with Gasteiger partial charge in [0.25, 0.3) is 0 Å². The molecular formula is C25H40N4O3. The Morgan fingerprint density at radius 3 is 2.62 bits per heavy atom. The smallest absolute Gasteiger partial charge is 0.191 e. The fourth-order valence-electron chi connectivity index (χ4n) is 4.76. The van der Waals surface area contributed by atoms with Gasteiger partial charge in [-0.15, -0.1) is 0 Å². The van der Waals surface area contributed by atoms with Crippen LogP contribution in [0.4, 0.5) is 0 Å². The predicted octanol–water partition coefficient (Wildman–Crippen LogP) is 4.01. The molecule has 1 aromatic heterocycles. The van der Waals surface area contributed by atoms with E-state index in [-0.39, 0.29) is 12.0 Å². The third kappa shape index (κ3) is 6.31. The van der Waals surface area contributed by atoms with Crippen LogP contribution in [0.25, 0.3) is 10.9 Å². The Morgan fingerprint density at radius 1 is 1.12 bits per heavy atom. The van der Waals surface area contributed by atoms with E-state index in [1.165, 1.54) is 37.8 Å². The number of hydrogen-bond donors (Lipinski definition) is 4. The van der Waals surface area contributed by atoms with E-state index in [1.54, 1.807) is 14.2 Å². The number of rotatable bonds is 11. The van der Waals surface area contributed by atoms with Gasteiger partial charge < -0.3 is 30.2 Å². The minimum absolute atomic E-state index is 0.166. The number of benzene rings is 1. The maximum Gasteiger partial charge on any atom is 0.191 e. The summed E-state index contributed by atoms with van der Waals surface area (Å²) < 4.78 is 10.9. The molecule has 7 nitrogen and oxygen atoms in total. The molecular weight excluding hydrogens is 404 g/mol. The largest absolute Gasteiger partial charge is 0.497 e. The van der Waals surface area contributed by atoms with Crippen molar-refractivity contribution in [2.75, 3.05) is 40.5 Å². The van der Waals surface area contributed by atoms with Crippen LogP contribution in [0.3, 0.4) is 0 Å². The maximum atomic E-state index is 9.55. The summed E-state index contributed by atoms with van der Waals surface area (Å²) >= 11 is 0. The Morgan fingerprint density at radius 2 is 1.94 bits per heavy atom. The van der Waals surface area contributed by atoms with E-state index in [0.29, 0.717) is 0 Å². The number of hydrogen-bond acceptors (Lipinski definition) is 4. The van der Waals surface area contributed by atoms with Crippen molar-refractivity contribution >= 4 is 16.9 Å². The van der Waals surface area contributed by atoms with Gasteiger partial charge in [-0.3, -0.25) is 4.99 Å². The summed E-state index contributed by atoms with van der Waals surface area (Å²) in [7, 11) is 3.35. The van der Waals surface area contributed by atoms with E-state index in [2.05, 4.69) is 28.6 Å². The van der Waals surface area contributed by atoms with Gasteiger partial charge in [-0.2, -0.15) is 0 Å². The van der Waals surface area contributed by atoms with Crippen molar-refractivity contribution in [1.29, 1.82) is 0 Å². The summed E-state index contributed by atoms with van der Waals surface area (Å²) in [5.74, 6) is 2.48. The van der Waals surface area contributed by atoms with Crippen molar-refractivity contribution in [3.63, 3.8) is 0 Å². The van der Waals surface area contributed by atoms with Crippen LogP contribution in [-0.2, 0) is 6.42 Å². The molecule has 1 aliphatic rings. The fraction of sp³-hybridized carbons (Fsp3) is 0.640. The molecule has 0 bridgehead atoms. The molecule has 0 radical (unpaired) electrons. The lowest BCUT2D eigenvalue weighted by atomic mass is 9.72. The Bertz CT molecular complexity index is 866. The predicted molar refractivity (Wildman–Crippen MR) is 131 cm³/mol. The molecule has 1 saturated carbocycles. The lowest BCUT2D eigenvalue weighted by Gasteiger charge is -2.35. The highest BCUT2D eigenvalue weighted by Gasteiger charge is 2.31. The number of aliphatic hydroxyl groups is 1. The molecule has 3 rings (SSSR count). The zero-order valence-corrected chi connectivity index (χ0v) is 19.9. The van der Waals surface area contributed by atoms with Gasteiger partial charge in [0.15, 0.2) is 5.96 Å². The minimum Gasteiger partial charge on any atom is -0.497 e. The first-order valence-corrected chi connectivity index (χ1v) is 12.0. The molecule has 0 atom stereocenters. The quantitative estimate of drug-likeness (QED) is 0.239. The van der Waals surface area contributed by atoms with Gasteiger partial charge in [0.2, 0.25) is 0 Å². The number of fused-ring (bicyclic) bond motifs is 1. The van der Waals surface area contributed by atoms with Gasteiger partial charge in [0, 0.05) is 49.5 Å². The van der Waals surface area contributed by atoms with Crippen molar-refractivity contribution in [2.45, 2.75) is 58.3 Å². The lowest BCUT2D eigenvalue weighted by molar-refractivity contribution is 0.137. The Hall–Kier alpha value is -2.41. The standard InChI is InChI=1S/C25H40N4O3/c1-4-26-24(28-18-25(12-14-30)10-6-5-7-11-25)27-13-8-9-19-15-21-22(29-19)16-20(31-2)17-23(21)32-3/h15-17,29-30H,4-14,18H2,1-3H3,(H2,26,27,28). The summed E-state index contributed by atoms with van der Waals surface area (Å²) in [4.78, 5) is 8.38. The zero-order chi connectivity index (χ0) is 22.8. The van der Waals surface area contributed by atoms with E-state index < -0.39 is 0 Å². The van der Waals surface area contributed by atoms with E-state index in [9.17, 15) is 5.11 Å². The molecule has 2 aromatic rings. The van der Waals surface area contributed by atoms with Gasteiger partial charge in [-0.1, -0.05) is 19.3 Å². The summed E-state index contributed by atoms with van der Waals surface area (Å²) in [6.07, 6.45) is 8.92. The van der Waals surface area contributed by atoms with Crippen molar-refractivity contribution in [2.24, 2.45) is 10.4 Å². The Kier molecular flexibility index (Phi) is 9.09. The molecule has 0 unspecified atom stereocenters. The summed E-state index contributed by atoms with van der Waals surface area (Å²) in [6, 6.07) is 6.08. The van der Waals surface area contributed by atoms with Crippen LogP contribution in [0.1, 0.15) is 57.6 Å². The Labute approximate surface area is 192 Å². The molecule has 1 aromatic carbocycles. The first-order valence-electron chi connectivity index (χ1n) is 12.0. The van der Waals surface area contributed by atoms with Crippen LogP contribution in [-0.4, -0.2) is 56.5 Å². The van der Waals surface area contributed by atoms with Crippen LogP contribution >= 0.6 is 0 Å². The highest BCUT2D eigenvalue weighted by molar-refractivity contribution is 5.88. The van der Waals surface area contributed by atoms with Crippen LogP contribution in [0, 0.1) is 5.41 Å². The molecule has 0 spiro atoms. The summed E-state index contributed by atoms with van der Waals surface area (Å²) in [5, 5.41) is 17.5. The van der Waals surface area contributed by atoms with Gasteiger partial charge in [0.1, 0.15) is 11.5 Å². The van der Waals surface area contributed by atoms with Crippen molar-refractivity contribution in [1.82, 2.24) is 15.6 Å². The van der Waals surface area contributed by atoms with Crippen LogP contribution < -0.4 is 20.1 Å². The monoisotopic (exact) mass is 444 g/mol. The van der Waals surface area contributed by atoms with Gasteiger partial charge >= 0.3 is 0 Å². The van der Waals surface area contributed by atoms with Gasteiger partial charge in [0.05, 0.1) is 19.7 Å².